The topological polar surface area (TPSA) is 44.8 Å². The van der Waals surface area contributed by atoms with Gasteiger partial charge in [0, 0.05) is 17.7 Å². The monoisotopic (exact) mass is 292 g/mol. The van der Waals surface area contributed by atoms with Crippen molar-refractivity contribution in [3.05, 3.63) is 34.9 Å². The Morgan fingerprint density at radius 2 is 1.78 bits per heavy atom. The summed E-state index contributed by atoms with van der Waals surface area (Å²) in [7, 11) is -1.93. The fraction of sp³-hybridized carbons (Fsp3) is 0.500. The molecule has 0 radical (unpaired) electrons. The minimum Gasteiger partial charge on any atom is -0.364 e. The second-order valence-electron chi connectivity index (χ2n) is 3.48. The maximum atomic E-state index is 12.7. The number of hydrogen-bond acceptors (Lipinski definition) is 4. The summed E-state index contributed by atoms with van der Waals surface area (Å²) in [5, 5.41) is 0.476. The van der Waals surface area contributed by atoms with Gasteiger partial charge in [-0.25, -0.2) is 0 Å². The van der Waals surface area contributed by atoms with Gasteiger partial charge < -0.3 is 13.8 Å². The Hall–Kier alpha value is -0.380. The first-order valence-corrected chi connectivity index (χ1v) is 7.74. The average molecular weight is 293 g/mol. The lowest BCUT2D eigenvalue weighted by Gasteiger charge is -2.25. The average Bonchev–Trinajstić information content (AvgIpc) is 2.33. The van der Waals surface area contributed by atoms with E-state index in [2.05, 4.69) is 0 Å². The van der Waals surface area contributed by atoms with Crippen molar-refractivity contribution in [1.82, 2.24) is 0 Å². The molecule has 0 heterocycles. The van der Waals surface area contributed by atoms with E-state index in [1.54, 1.807) is 38.1 Å². The molecule has 1 aromatic rings. The van der Waals surface area contributed by atoms with Gasteiger partial charge in [-0.3, -0.25) is 4.57 Å². The van der Waals surface area contributed by atoms with Crippen LogP contribution in [0.4, 0.5) is 0 Å². The Bertz CT molecular complexity index is 414. The van der Waals surface area contributed by atoms with Crippen LogP contribution in [0.3, 0.4) is 0 Å². The molecule has 18 heavy (non-hydrogen) atoms. The molecule has 0 saturated carbocycles. The van der Waals surface area contributed by atoms with Gasteiger partial charge in [-0.1, -0.05) is 29.8 Å². The Labute approximate surface area is 113 Å². The predicted octanol–water partition coefficient (Wildman–Crippen LogP) is 4.25. The third-order valence-corrected chi connectivity index (χ3v) is 4.94. The Morgan fingerprint density at radius 1 is 1.22 bits per heavy atom. The molecule has 0 N–H and O–H groups in total. The van der Waals surface area contributed by atoms with E-state index in [4.69, 9.17) is 25.4 Å². The van der Waals surface area contributed by atoms with Crippen molar-refractivity contribution in [2.75, 3.05) is 20.3 Å². The summed E-state index contributed by atoms with van der Waals surface area (Å²) in [4.78, 5) is 0. The van der Waals surface area contributed by atoms with Crippen molar-refractivity contribution in [1.29, 1.82) is 0 Å². The molecule has 1 unspecified atom stereocenters. The second kappa shape index (κ2) is 7.27. The zero-order chi connectivity index (χ0) is 13.6. The van der Waals surface area contributed by atoms with E-state index in [9.17, 15) is 4.57 Å². The van der Waals surface area contributed by atoms with Crippen LogP contribution in [-0.2, 0) is 18.3 Å². The summed E-state index contributed by atoms with van der Waals surface area (Å²) >= 11 is 6.09. The Kier molecular flexibility index (Phi) is 6.33. The maximum absolute atomic E-state index is 12.7. The first-order valence-electron chi connectivity index (χ1n) is 5.75. The minimum atomic E-state index is -3.38. The van der Waals surface area contributed by atoms with E-state index in [-0.39, 0.29) is 13.2 Å². The molecular weight excluding hydrogens is 275 g/mol. The Morgan fingerprint density at radius 3 is 2.22 bits per heavy atom. The van der Waals surface area contributed by atoms with Gasteiger partial charge in [0.15, 0.2) is 5.85 Å². The molecule has 0 aromatic heterocycles. The normalized spacial score (nSPS) is 13.6. The Balaban J connectivity index is 3.14. The summed E-state index contributed by atoms with van der Waals surface area (Å²) in [6.07, 6.45) is 0. The van der Waals surface area contributed by atoms with Crippen LogP contribution >= 0.6 is 19.2 Å². The van der Waals surface area contributed by atoms with E-state index < -0.39 is 13.4 Å². The zero-order valence-electron chi connectivity index (χ0n) is 10.8. The number of benzene rings is 1. The fourth-order valence-corrected chi connectivity index (χ4v) is 3.83. The standard InChI is InChI=1S/C12H18ClO4P/c1-4-16-18(14,17-5-2)12(15-3)10-8-6-7-9-11(10)13/h6-9,12H,4-5H2,1-3H3. The van der Waals surface area contributed by atoms with Crippen LogP contribution in [0.1, 0.15) is 25.3 Å². The molecule has 0 aliphatic heterocycles. The highest BCUT2D eigenvalue weighted by atomic mass is 35.5. The van der Waals surface area contributed by atoms with E-state index in [0.29, 0.717) is 10.6 Å². The summed E-state index contributed by atoms with van der Waals surface area (Å²) < 4.78 is 28.5. The van der Waals surface area contributed by atoms with Crippen LogP contribution in [-0.4, -0.2) is 20.3 Å². The molecule has 0 amide bonds. The molecule has 102 valence electrons. The zero-order valence-corrected chi connectivity index (χ0v) is 12.4. The van der Waals surface area contributed by atoms with Gasteiger partial charge in [-0.15, -0.1) is 0 Å². The molecule has 0 fully saturated rings. The first kappa shape index (κ1) is 15.7. The lowest BCUT2D eigenvalue weighted by atomic mass is 10.2. The maximum Gasteiger partial charge on any atom is 0.363 e. The number of rotatable bonds is 7. The molecule has 0 bridgehead atoms. The largest absolute Gasteiger partial charge is 0.364 e. The lowest BCUT2D eigenvalue weighted by molar-refractivity contribution is 0.109. The van der Waals surface area contributed by atoms with Crippen LogP contribution < -0.4 is 0 Å². The van der Waals surface area contributed by atoms with Gasteiger partial charge >= 0.3 is 7.60 Å². The van der Waals surface area contributed by atoms with Crippen LogP contribution in [0, 0.1) is 0 Å². The van der Waals surface area contributed by atoms with Crippen molar-refractivity contribution >= 4 is 19.2 Å². The van der Waals surface area contributed by atoms with Gasteiger partial charge in [0.1, 0.15) is 0 Å². The highest BCUT2D eigenvalue weighted by Crippen LogP contribution is 2.61. The molecular formula is C12H18ClO4P. The second-order valence-corrected chi connectivity index (χ2v) is 5.96. The van der Waals surface area contributed by atoms with Crippen molar-refractivity contribution in [3.63, 3.8) is 0 Å². The van der Waals surface area contributed by atoms with Crippen LogP contribution in [0.25, 0.3) is 0 Å². The molecule has 1 rings (SSSR count). The van der Waals surface area contributed by atoms with Crippen molar-refractivity contribution < 1.29 is 18.3 Å². The molecule has 0 spiro atoms. The van der Waals surface area contributed by atoms with Crippen molar-refractivity contribution in [2.45, 2.75) is 19.7 Å². The molecule has 0 aliphatic carbocycles. The minimum absolute atomic E-state index is 0.279. The third kappa shape index (κ3) is 3.56. The lowest BCUT2D eigenvalue weighted by Crippen LogP contribution is -2.09. The summed E-state index contributed by atoms with van der Waals surface area (Å²) in [6, 6.07) is 7.06. The number of methoxy groups -OCH3 is 1. The van der Waals surface area contributed by atoms with Gasteiger partial charge in [-0.2, -0.15) is 0 Å². The van der Waals surface area contributed by atoms with Crippen LogP contribution in [0.5, 0.6) is 0 Å². The molecule has 4 nitrogen and oxygen atoms in total. The number of ether oxygens (including phenoxy) is 1. The molecule has 0 aliphatic rings. The fourth-order valence-electron chi connectivity index (χ4n) is 1.63. The highest BCUT2D eigenvalue weighted by Gasteiger charge is 2.38. The van der Waals surface area contributed by atoms with E-state index in [1.807, 2.05) is 0 Å². The quantitative estimate of drug-likeness (QED) is 0.705. The van der Waals surface area contributed by atoms with E-state index >= 15 is 0 Å². The van der Waals surface area contributed by atoms with Crippen molar-refractivity contribution in [3.8, 4) is 0 Å². The highest BCUT2D eigenvalue weighted by molar-refractivity contribution is 7.54. The molecule has 1 atom stereocenters. The molecule has 1 aromatic carbocycles. The van der Waals surface area contributed by atoms with Gasteiger partial charge in [0.05, 0.1) is 13.2 Å². The predicted molar refractivity (Wildman–Crippen MR) is 72.1 cm³/mol. The first-order chi connectivity index (χ1) is 8.59. The summed E-state index contributed by atoms with van der Waals surface area (Å²) in [5.41, 5.74) is 0.604. The van der Waals surface area contributed by atoms with Crippen molar-refractivity contribution in [2.24, 2.45) is 0 Å². The van der Waals surface area contributed by atoms with Crippen LogP contribution in [0.2, 0.25) is 5.02 Å². The molecule has 6 heteroatoms. The number of hydrogen-bond donors (Lipinski definition) is 0. The van der Waals surface area contributed by atoms with E-state index in [1.165, 1.54) is 7.11 Å². The van der Waals surface area contributed by atoms with Gasteiger partial charge in [0.2, 0.25) is 0 Å². The SMILES string of the molecule is CCOP(=O)(OCC)C(OC)c1ccccc1Cl. The number of halogens is 1. The summed E-state index contributed by atoms with van der Waals surface area (Å²) in [6.45, 7) is 4.07. The van der Waals surface area contributed by atoms with Gasteiger partial charge in [-0.05, 0) is 19.9 Å². The van der Waals surface area contributed by atoms with E-state index in [0.717, 1.165) is 0 Å². The van der Waals surface area contributed by atoms with Gasteiger partial charge in [0.25, 0.3) is 0 Å². The summed E-state index contributed by atoms with van der Waals surface area (Å²) in [5.74, 6) is -0.814. The molecule has 0 saturated heterocycles. The smallest absolute Gasteiger partial charge is 0.363 e. The third-order valence-electron chi connectivity index (χ3n) is 2.30. The van der Waals surface area contributed by atoms with Crippen LogP contribution in [0.15, 0.2) is 24.3 Å².